The first-order chi connectivity index (χ1) is 12.7. The highest BCUT2D eigenvalue weighted by Crippen LogP contribution is 2.24. The molecule has 6 nitrogen and oxygen atoms in total. The Morgan fingerprint density at radius 3 is 1.52 bits per heavy atom. The molecule has 0 spiro atoms. The van der Waals surface area contributed by atoms with E-state index in [1.165, 1.54) is 0 Å². The second-order valence-corrected chi connectivity index (χ2v) is 7.37. The molecule has 0 saturated carbocycles. The van der Waals surface area contributed by atoms with Gasteiger partial charge in [0.1, 0.15) is 0 Å². The molecule has 0 heterocycles. The summed E-state index contributed by atoms with van der Waals surface area (Å²) in [4.78, 5) is 44.2. The lowest BCUT2D eigenvalue weighted by Gasteiger charge is -2.26. The van der Waals surface area contributed by atoms with E-state index in [1.54, 1.807) is 57.2 Å². The summed E-state index contributed by atoms with van der Waals surface area (Å²) in [6.45, 7) is 9.10. The van der Waals surface area contributed by atoms with Gasteiger partial charge in [0, 0.05) is 5.41 Å². The van der Waals surface area contributed by atoms with E-state index < -0.39 is 23.6 Å². The van der Waals surface area contributed by atoms with Crippen LogP contribution in [-0.2, 0) is 19.6 Å². The van der Waals surface area contributed by atoms with Crippen molar-refractivity contribution in [2.24, 2.45) is 5.41 Å². The predicted octanol–water partition coefficient (Wildman–Crippen LogP) is 4.55. The predicted molar refractivity (Wildman–Crippen MR) is 98.6 cm³/mol. The number of hydrogen-bond acceptors (Lipinski definition) is 6. The van der Waals surface area contributed by atoms with Crippen molar-refractivity contribution in [3.8, 4) is 0 Å². The van der Waals surface area contributed by atoms with Gasteiger partial charge in [0.25, 0.3) is 6.29 Å². The molecule has 0 radical (unpaired) electrons. The summed E-state index contributed by atoms with van der Waals surface area (Å²) in [6.07, 6.45) is -1.11. The van der Waals surface area contributed by atoms with Crippen LogP contribution in [0.4, 0.5) is 0 Å². The highest BCUT2D eigenvalue weighted by atomic mass is 17.3. The van der Waals surface area contributed by atoms with Gasteiger partial charge in [-0.3, -0.25) is 9.78 Å². The Bertz CT molecular complexity index is 745. The zero-order valence-corrected chi connectivity index (χ0v) is 16.1. The first-order valence-corrected chi connectivity index (χ1v) is 8.55. The molecule has 0 aliphatic heterocycles. The summed E-state index contributed by atoms with van der Waals surface area (Å²) in [6, 6.07) is 13.8. The first-order valence-electron chi connectivity index (χ1n) is 8.55. The highest BCUT2D eigenvalue weighted by molar-refractivity contribution is 5.89. The van der Waals surface area contributed by atoms with Crippen LogP contribution < -0.4 is 0 Å². The van der Waals surface area contributed by atoms with E-state index in [9.17, 15) is 9.59 Å². The fourth-order valence-corrected chi connectivity index (χ4v) is 2.12. The molecule has 0 fully saturated rings. The van der Waals surface area contributed by atoms with Crippen LogP contribution in [0.1, 0.15) is 52.6 Å². The maximum atomic E-state index is 12.1. The molecule has 144 valence electrons. The summed E-state index contributed by atoms with van der Waals surface area (Å²) in [5.41, 5.74) is 1.90. The van der Waals surface area contributed by atoms with E-state index in [1.807, 2.05) is 26.0 Å². The molecule has 0 atom stereocenters. The first kappa shape index (κ1) is 20.6. The Balaban J connectivity index is 1.97. The summed E-state index contributed by atoms with van der Waals surface area (Å²) in [5, 5.41) is 0. The van der Waals surface area contributed by atoms with Gasteiger partial charge in [-0.15, -0.1) is 9.78 Å². The van der Waals surface area contributed by atoms with Crippen LogP contribution in [0.5, 0.6) is 0 Å². The van der Waals surface area contributed by atoms with Crippen LogP contribution >= 0.6 is 0 Å². The molecule has 2 rings (SSSR count). The van der Waals surface area contributed by atoms with E-state index in [4.69, 9.17) is 19.6 Å². The normalized spacial score (nSPS) is 11.3. The number of rotatable bonds is 6. The van der Waals surface area contributed by atoms with Crippen molar-refractivity contribution in [1.29, 1.82) is 0 Å². The second kappa shape index (κ2) is 8.79. The van der Waals surface area contributed by atoms with Crippen LogP contribution in [0.15, 0.2) is 48.5 Å². The number of carbonyl (C=O) groups is 2. The fourth-order valence-electron chi connectivity index (χ4n) is 2.12. The smallest absolute Gasteiger partial charge is 0.290 e. The van der Waals surface area contributed by atoms with Crippen LogP contribution in [0.2, 0.25) is 0 Å². The molecular weight excluding hydrogens is 348 g/mol. The third-order valence-electron chi connectivity index (χ3n) is 3.64. The van der Waals surface area contributed by atoms with Gasteiger partial charge < -0.3 is 0 Å². The van der Waals surface area contributed by atoms with Gasteiger partial charge in [-0.1, -0.05) is 56.2 Å². The minimum atomic E-state index is -1.11. The number of benzene rings is 2. The standard InChI is InChI=1S/C21H24O6/c1-14-8-6-10-16(12-14)18(22)24-26-20(21(3,4)5)27-25-19(23)17-11-7-9-15(2)13-17/h6-13,20H,1-5H3. The number of hydrogen-bond donors (Lipinski definition) is 0. The van der Waals surface area contributed by atoms with Gasteiger partial charge in [0.05, 0.1) is 11.1 Å². The van der Waals surface area contributed by atoms with Crippen LogP contribution in [0.25, 0.3) is 0 Å². The minimum absolute atomic E-state index is 0.347. The maximum Gasteiger partial charge on any atom is 0.373 e. The average Bonchev–Trinajstić information content (AvgIpc) is 2.60. The highest BCUT2D eigenvalue weighted by Gasteiger charge is 2.32. The number of carbonyl (C=O) groups excluding carboxylic acids is 2. The molecule has 0 unspecified atom stereocenters. The van der Waals surface area contributed by atoms with Gasteiger partial charge in [-0.25, -0.2) is 9.59 Å². The molecule has 2 aromatic carbocycles. The lowest BCUT2D eigenvalue weighted by molar-refractivity contribution is -0.442. The van der Waals surface area contributed by atoms with Crippen molar-refractivity contribution in [2.45, 2.75) is 40.9 Å². The monoisotopic (exact) mass is 372 g/mol. The fraction of sp³-hybridized carbons (Fsp3) is 0.333. The lowest BCUT2D eigenvalue weighted by atomic mass is 9.96. The summed E-state index contributed by atoms with van der Waals surface area (Å²) in [7, 11) is 0. The van der Waals surface area contributed by atoms with Crippen LogP contribution in [0, 0.1) is 19.3 Å². The summed E-state index contributed by atoms with van der Waals surface area (Å²) >= 11 is 0. The minimum Gasteiger partial charge on any atom is -0.290 e. The quantitative estimate of drug-likeness (QED) is 0.421. The zero-order valence-electron chi connectivity index (χ0n) is 16.1. The van der Waals surface area contributed by atoms with Crippen molar-refractivity contribution in [3.05, 3.63) is 70.8 Å². The third-order valence-corrected chi connectivity index (χ3v) is 3.64. The second-order valence-electron chi connectivity index (χ2n) is 7.37. The Morgan fingerprint density at radius 1 is 0.778 bits per heavy atom. The molecule has 0 aromatic heterocycles. The third kappa shape index (κ3) is 6.20. The summed E-state index contributed by atoms with van der Waals surface area (Å²) in [5.74, 6) is -1.33. The molecule has 0 aliphatic rings. The van der Waals surface area contributed by atoms with E-state index in [0.717, 1.165) is 11.1 Å². The van der Waals surface area contributed by atoms with Crippen molar-refractivity contribution in [1.82, 2.24) is 0 Å². The Hall–Kier alpha value is -2.70. The molecule has 0 N–H and O–H groups in total. The molecule has 27 heavy (non-hydrogen) atoms. The van der Waals surface area contributed by atoms with Crippen molar-refractivity contribution in [2.75, 3.05) is 0 Å². The molecule has 0 bridgehead atoms. The van der Waals surface area contributed by atoms with E-state index in [0.29, 0.717) is 11.1 Å². The van der Waals surface area contributed by atoms with Crippen LogP contribution in [0.3, 0.4) is 0 Å². The molecule has 6 heteroatoms. The van der Waals surface area contributed by atoms with Crippen molar-refractivity contribution >= 4 is 11.9 Å². The topological polar surface area (TPSA) is 71.1 Å². The van der Waals surface area contributed by atoms with Gasteiger partial charge in [-0.05, 0) is 38.1 Å². The van der Waals surface area contributed by atoms with Crippen molar-refractivity contribution < 1.29 is 29.1 Å². The Kier molecular flexibility index (Phi) is 6.71. The maximum absolute atomic E-state index is 12.1. The SMILES string of the molecule is Cc1cccc(C(=O)OOC(OOC(=O)c2cccc(C)c2)C(C)(C)C)c1. The largest absolute Gasteiger partial charge is 0.373 e. The average molecular weight is 372 g/mol. The summed E-state index contributed by atoms with van der Waals surface area (Å²) < 4.78 is 0. The Morgan fingerprint density at radius 2 is 1.19 bits per heavy atom. The molecule has 0 amide bonds. The molecular formula is C21H24O6. The van der Waals surface area contributed by atoms with Gasteiger partial charge in [-0.2, -0.15) is 0 Å². The van der Waals surface area contributed by atoms with Crippen molar-refractivity contribution in [3.63, 3.8) is 0 Å². The molecule has 2 aromatic rings. The van der Waals surface area contributed by atoms with Gasteiger partial charge in [0.15, 0.2) is 0 Å². The van der Waals surface area contributed by atoms with E-state index in [2.05, 4.69) is 0 Å². The van der Waals surface area contributed by atoms with E-state index in [-0.39, 0.29) is 0 Å². The molecule has 0 aliphatic carbocycles. The number of aryl methyl sites for hydroxylation is 2. The van der Waals surface area contributed by atoms with E-state index >= 15 is 0 Å². The lowest BCUT2D eigenvalue weighted by Crippen LogP contribution is -2.34. The molecule has 0 saturated heterocycles. The van der Waals surface area contributed by atoms with Gasteiger partial charge >= 0.3 is 11.9 Å². The zero-order chi connectivity index (χ0) is 20.0. The van der Waals surface area contributed by atoms with Crippen LogP contribution in [-0.4, -0.2) is 18.2 Å². The Labute approximate surface area is 158 Å². The van der Waals surface area contributed by atoms with Gasteiger partial charge in [0.2, 0.25) is 0 Å².